The lowest BCUT2D eigenvalue weighted by Crippen LogP contribution is -2.44. The Balaban J connectivity index is 4.24. The summed E-state index contributed by atoms with van der Waals surface area (Å²) in [5.41, 5.74) is -1.34. The number of rotatable bonds is 15. The average Bonchev–Trinajstić information content (AvgIpc) is 2.56. The summed E-state index contributed by atoms with van der Waals surface area (Å²) in [7, 11) is 0.0798. The first-order valence-corrected chi connectivity index (χ1v) is 8.90. The molecular weight excluding hydrogens is 310 g/mol. The molecule has 4 N–H and O–H groups in total. The van der Waals surface area contributed by atoms with Crippen molar-refractivity contribution in [3.05, 3.63) is 0 Å². The molecule has 0 aromatic carbocycles. The zero-order valence-corrected chi connectivity index (χ0v) is 15.3. The summed E-state index contributed by atoms with van der Waals surface area (Å²) in [6.45, 7) is 5.87. The first-order valence-electron chi connectivity index (χ1n) is 8.90. The lowest BCUT2D eigenvalue weighted by atomic mass is 9.81. The zero-order chi connectivity index (χ0) is 18.4. The van der Waals surface area contributed by atoms with Gasteiger partial charge in [0.15, 0.2) is 5.78 Å². The molecule has 0 heterocycles. The molecule has 0 aromatic rings. The largest absolute Gasteiger partial charge is 0.466 e. The van der Waals surface area contributed by atoms with Crippen LogP contribution in [0.2, 0.25) is 0 Å². The van der Waals surface area contributed by atoms with Crippen molar-refractivity contribution in [3.63, 3.8) is 0 Å². The van der Waals surface area contributed by atoms with Crippen molar-refractivity contribution < 1.29 is 24.5 Å². The summed E-state index contributed by atoms with van der Waals surface area (Å²) in [5.74, 6) is 0.0234. The molecule has 9 heteroatoms. The molecule has 2 unspecified atom stereocenters. The summed E-state index contributed by atoms with van der Waals surface area (Å²) < 4.78 is 5.19. The second-order valence-electron chi connectivity index (χ2n) is 6.18. The van der Waals surface area contributed by atoms with Crippen LogP contribution in [-0.4, -0.2) is 49.5 Å². The van der Waals surface area contributed by atoms with Crippen molar-refractivity contribution in [2.45, 2.75) is 71.3 Å². The Morgan fingerprint density at radius 2 is 1.96 bits per heavy atom. The molecule has 0 aliphatic carbocycles. The maximum Gasteiger partial charge on any atom is 0.393 e. The molecule has 0 aliphatic heterocycles. The highest BCUT2D eigenvalue weighted by Gasteiger charge is 2.35. The number of amides is 1. The summed E-state index contributed by atoms with van der Waals surface area (Å²) in [5, 5.41) is 23.9. The van der Waals surface area contributed by atoms with E-state index < -0.39 is 11.7 Å². The molecule has 7 nitrogen and oxygen atoms in total. The number of Topliss-reactive ketones (excluding diaryl/α,β-unsaturated/α-hetero) is 1. The van der Waals surface area contributed by atoms with Crippen LogP contribution in [0.1, 0.15) is 65.7 Å². The summed E-state index contributed by atoms with van der Waals surface area (Å²) >= 11 is 0. The Labute approximate surface area is 146 Å². The quantitative estimate of drug-likeness (QED) is 0.262. The van der Waals surface area contributed by atoms with Crippen LogP contribution in [-0.2, 0) is 9.45 Å². The van der Waals surface area contributed by atoms with Gasteiger partial charge in [0.05, 0.1) is 6.61 Å². The maximum atomic E-state index is 12.3. The van der Waals surface area contributed by atoms with Crippen molar-refractivity contribution in [3.8, 4) is 0 Å². The van der Waals surface area contributed by atoms with Gasteiger partial charge in [-0.25, -0.2) is 4.79 Å². The highest BCUT2D eigenvalue weighted by atomic mass is 16.4. The maximum absolute atomic E-state index is 12.3. The van der Waals surface area contributed by atoms with E-state index in [4.69, 9.17) is 9.76 Å². The number of hydrogen-bond donors (Lipinski definition) is 4. The van der Waals surface area contributed by atoms with Gasteiger partial charge >= 0.3 is 21.3 Å². The number of aliphatic hydroxyl groups is 1. The smallest absolute Gasteiger partial charge is 0.393 e. The van der Waals surface area contributed by atoms with Gasteiger partial charge in [-0.3, -0.25) is 4.79 Å². The monoisotopic (exact) mass is 342 g/mol. The van der Waals surface area contributed by atoms with E-state index in [2.05, 4.69) is 24.2 Å². The van der Waals surface area contributed by atoms with E-state index in [-0.39, 0.29) is 27.6 Å². The van der Waals surface area contributed by atoms with Crippen LogP contribution in [0.5, 0.6) is 0 Å². The molecule has 0 aromatic heterocycles. The first kappa shape index (κ1) is 22.9. The molecule has 1 amide bonds. The minimum atomic E-state index is -1.34. The van der Waals surface area contributed by atoms with Gasteiger partial charge in [0, 0.05) is 0 Å². The van der Waals surface area contributed by atoms with Gasteiger partial charge < -0.3 is 25.2 Å². The van der Waals surface area contributed by atoms with Gasteiger partial charge in [-0.15, -0.1) is 0 Å². The van der Waals surface area contributed by atoms with Crippen molar-refractivity contribution in [1.82, 2.24) is 10.4 Å². The molecule has 0 saturated heterocycles. The van der Waals surface area contributed by atoms with E-state index in [0.29, 0.717) is 18.8 Å². The number of nitrogens with one attached hydrogen (secondary N) is 2. The Kier molecular flexibility index (Phi) is 12.7. The van der Waals surface area contributed by atoms with Crippen molar-refractivity contribution >= 4 is 27.0 Å². The van der Waals surface area contributed by atoms with Crippen LogP contribution < -0.4 is 10.4 Å². The van der Waals surface area contributed by atoms with Crippen molar-refractivity contribution in [2.24, 2.45) is 5.92 Å². The third kappa shape index (κ3) is 9.95. The second kappa shape index (κ2) is 13.3. The number of carbonyl (C=O) groups is 2. The van der Waals surface area contributed by atoms with E-state index in [1.165, 1.54) is 6.42 Å². The number of hydrogen-bond acceptors (Lipinski definition) is 5. The highest BCUT2D eigenvalue weighted by Crippen LogP contribution is 2.27. The van der Waals surface area contributed by atoms with Crippen LogP contribution in [0.15, 0.2) is 0 Å². The Bertz CT molecular complexity index is 374. The van der Waals surface area contributed by atoms with Gasteiger partial charge in [-0.2, -0.15) is 0 Å². The lowest BCUT2D eigenvalue weighted by molar-refractivity contribution is -0.142. The molecular formula is C15H32B2N2O5. The number of unbranched alkanes of at least 4 members (excludes halogenated alkanes) is 2. The fourth-order valence-corrected chi connectivity index (χ4v) is 2.61. The Morgan fingerprint density at radius 1 is 1.25 bits per heavy atom. The summed E-state index contributed by atoms with van der Waals surface area (Å²) in [6, 6.07) is 0. The Hall–Kier alpha value is -1.05. The molecule has 0 rings (SSSR count). The molecule has 0 radical (unpaired) electrons. The van der Waals surface area contributed by atoms with Crippen LogP contribution in [0.25, 0.3) is 0 Å². The predicted octanol–water partition coefficient (Wildman–Crippen LogP) is 1.10. The fourth-order valence-electron chi connectivity index (χ4n) is 2.61. The molecule has 0 bridgehead atoms. The van der Waals surface area contributed by atoms with Gasteiger partial charge in [-0.05, 0) is 18.8 Å². The average molecular weight is 342 g/mol. The summed E-state index contributed by atoms with van der Waals surface area (Å²) in [4.78, 5) is 22.6. The van der Waals surface area contributed by atoms with E-state index in [1.807, 2.05) is 6.92 Å². The third-order valence-electron chi connectivity index (χ3n) is 4.33. The molecule has 0 spiro atoms. The molecule has 24 heavy (non-hydrogen) atoms. The minimum absolute atomic E-state index is 0.0386. The number of carboxylic acid groups (broad SMARTS) is 1. The normalized spacial score (nSPS) is 14.5. The van der Waals surface area contributed by atoms with Crippen molar-refractivity contribution in [1.29, 1.82) is 0 Å². The number of carbonyl (C=O) groups excluding carboxylic acids is 1. The standard InChI is InChI=1S/C15H32B2N2O5/c1-4-7-8-9-12(5-2)10-15(23,6-3)13(20)11-24-17-19-16-18-14(21)22/h12,16-19,23H,4-11H2,1-3H3,(H,21,22). The second-order valence-corrected chi connectivity index (χ2v) is 6.18. The molecule has 138 valence electrons. The van der Waals surface area contributed by atoms with E-state index in [9.17, 15) is 14.7 Å². The zero-order valence-electron chi connectivity index (χ0n) is 15.3. The van der Waals surface area contributed by atoms with Crippen LogP contribution in [0.4, 0.5) is 4.79 Å². The number of ketones is 1. The SMILES string of the molecule is CCCCCC(CC)CC(O)(CC)C(=O)COBNBNC(=O)O. The van der Waals surface area contributed by atoms with E-state index >= 15 is 0 Å². The van der Waals surface area contributed by atoms with Gasteiger partial charge in [-0.1, -0.05) is 52.9 Å². The van der Waals surface area contributed by atoms with Crippen LogP contribution in [0, 0.1) is 5.92 Å². The van der Waals surface area contributed by atoms with Gasteiger partial charge in [0.2, 0.25) is 0 Å². The van der Waals surface area contributed by atoms with Crippen LogP contribution in [0.3, 0.4) is 0 Å². The predicted molar refractivity (Wildman–Crippen MR) is 97.3 cm³/mol. The molecule has 2 atom stereocenters. The van der Waals surface area contributed by atoms with Crippen molar-refractivity contribution in [2.75, 3.05) is 6.61 Å². The first-order chi connectivity index (χ1) is 11.4. The fraction of sp³-hybridized carbons (Fsp3) is 0.867. The topological polar surface area (TPSA) is 108 Å². The third-order valence-corrected chi connectivity index (χ3v) is 4.33. The molecule has 0 fully saturated rings. The van der Waals surface area contributed by atoms with E-state index in [1.54, 1.807) is 0 Å². The van der Waals surface area contributed by atoms with Gasteiger partial charge in [0.1, 0.15) is 5.60 Å². The Morgan fingerprint density at radius 3 is 2.50 bits per heavy atom. The lowest BCUT2D eigenvalue weighted by Gasteiger charge is -2.29. The summed E-state index contributed by atoms with van der Waals surface area (Å²) in [6.07, 6.45) is 5.14. The highest BCUT2D eigenvalue weighted by molar-refractivity contribution is 6.47. The van der Waals surface area contributed by atoms with Gasteiger partial charge in [0.25, 0.3) is 0 Å². The molecule has 0 aliphatic rings. The molecule has 0 saturated carbocycles. The van der Waals surface area contributed by atoms with Crippen LogP contribution >= 0.6 is 0 Å². The van der Waals surface area contributed by atoms with E-state index in [0.717, 1.165) is 25.7 Å². The minimum Gasteiger partial charge on any atom is -0.466 e.